The summed E-state index contributed by atoms with van der Waals surface area (Å²) in [5.41, 5.74) is -0.0119. The Kier molecular flexibility index (Phi) is 3.46. The second-order valence-corrected chi connectivity index (χ2v) is 3.33. The Morgan fingerprint density at radius 2 is 1.59 bits per heavy atom. The number of benzene rings is 1. The Morgan fingerprint density at radius 1 is 1.06 bits per heavy atom. The standard InChI is InChI=1S/C9H12N4O4/c1-5-4-6(12(14)15)8(11-3)9(13(16)17)7(5)10-2/h4,10-11H,1-3H3. The van der Waals surface area contributed by atoms with Gasteiger partial charge in [-0.05, 0) is 12.5 Å². The lowest BCUT2D eigenvalue weighted by molar-refractivity contribution is -0.391. The molecule has 0 aliphatic heterocycles. The van der Waals surface area contributed by atoms with Gasteiger partial charge >= 0.3 is 5.69 Å². The SMILES string of the molecule is CNc1c(C)cc([N+](=O)[O-])c(NC)c1[N+](=O)[O-]. The summed E-state index contributed by atoms with van der Waals surface area (Å²) in [6.45, 7) is 1.57. The van der Waals surface area contributed by atoms with Gasteiger partial charge in [-0.25, -0.2) is 0 Å². The van der Waals surface area contributed by atoms with Gasteiger partial charge in [0.25, 0.3) is 5.69 Å². The topological polar surface area (TPSA) is 110 Å². The number of anilines is 2. The van der Waals surface area contributed by atoms with Crippen molar-refractivity contribution >= 4 is 22.7 Å². The summed E-state index contributed by atoms with van der Waals surface area (Å²) in [4.78, 5) is 20.5. The van der Waals surface area contributed by atoms with Crippen LogP contribution in [0.2, 0.25) is 0 Å². The number of rotatable bonds is 4. The van der Waals surface area contributed by atoms with Gasteiger partial charge in [-0.3, -0.25) is 20.2 Å². The first-order chi connectivity index (χ1) is 7.93. The third-order valence-corrected chi connectivity index (χ3v) is 2.36. The van der Waals surface area contributed by atoms with E-state index in [4.69, 9.17) is 0 Å². The van der Waals surface area contributed by atoms with Crippen LogP contribution in [0.1, 0.15) is 5.56 Å². The third-order valence-electron chi connectivity index (χ3n) is 2.36. The molecule has 17 heavy (non-hydrogen) atoms. The van der Waals surface area contributed by atoms with E-state index in [1.165, 1.54) is 20.2 Å². The van der Waals surface area contributed by atoms with Gasteiger partial charge in [-0.2, -0.15) is 0 Å². The molecule has 1 aromatic carbocycles. The maximum Gasteiger partial charge on any atom is 0.322 e. The first kappa shape index (κ1) is 12.7. The lowest BCUT2D eigenvalue weighted by Gasteiger charge is -2.10. The highest BCUT2D eigenvalue weighted by atomic mass is 16.6. The second kappa shape index (κ2) is 4.64. The van der Waals surface area contributed by atoms with Crippen LogP contribution in [0, 0.1) is 27.2 Å². The monoisotopic (exact) mass is 240 g/mol. The molecule has 0 aliphatic rings. The fraction of sp³-hybridized carbons (Fsp3) is 0.333. The zero-order valence-corrected chi connectivity index (χ0v) is 9.60. The van der Waals surface area contributed by atoms with E-state index >= 15 is 0 Å². The normalized spacial score (nSPS) is 9.82. The molecule has 0 spiro atoms. The summed E-state index contributed by atoms with van der Waals surface area (Å²) >= 11 is 0. The molecule has 0 fully saturated rings. The summed E-state index contributed by atoms with van der Waals surface area (Å²) in [7, 11) is 2.94. The molecule has 0 saturated carbocycles. The molecule has 0 aliphatic carbocycles. The van der Waals surface area contributed by atoms with E-state index in [1.807, 2.05) is 0 Å². The van der Waals surface area contributed by atoms with Crippen molar-refractivity contribution in [2.45, 2.75) is 6.92 Å². The van der Waals surface area contributed by atoms with E-state index in [0.29, 0.717) is 5.56 Å². The number of nitro benzene ring substituents is 2. The fourth-order valence-electron chi connectivity index (χ4n) is 1.67. The predicted octanol–water partition coefficient (Wildman–Crippen LogP) is 1.89. The minimum Gasteiger partial charge on any atom is -0.382 e. The summed E-state index contributed by atoms with van der Waals surface area (Å²) in [6.07, 6.45) is 0. The van der Waals surface area contributed by atoms with Crippen molar-refractivity contribution in [1.29, 1.82) is 0 Å². The molecular weight excluding hydrogens is 228 g/mol. The van der Waals surface area contributed by atoms with Crippen molar-refractivity contribution in [3.8, 4) is 0 Å². The Hall–Kier alpha value is -2.38. The van der Waals surface area contributed by atoms with Gasteiger partial charge in [0, 0.05) is 20.2 Å². The van der Waals surface area contributed by atoms with Gasteiger partial charge in [-0.15, -0.1) is 0 Å². The van der Waals surface area contributed by atoms with E-state index in [0.717, 1.165) is 0 Å². The quantitative estimate of drug-likeness (QED) is 0.614. The van der Waals surface area contributed by atoms with E-state index in [9.17, 15) is 20.2 Å². The van der Waals surface area contributed by atoms with Crippen LogP contribution in [-0.2, 0) is 0 Å². The molecule has 0 bridgehead atoms. The largest absolute Gasteiger partial charge is 0.382 e. The zero-order valence-electron chi connectivity index (χ0n) is 9.60. The summed E-state index contributed by atoms with van der Waals surface area (Å²) in [6, 6.07) is 1.30. The van der Waals surface area contributed by atoms with Gasteiger partial charge in [0.1, 0.15) is 5.69 Å². The van der Waals surface area contributed by atoms with Crippen LogP contribution in [-0.4, -0.2) is 23.9 Å². The minimum atomic E-state index is -0.648. The highest BCUT2D eigenvalue weighted by Gasteiger charge is 2.29. The summed E-state index contributed by atoms with van der Waals surface area (Å²) in [5.74, 6) is 0. The highest BCUT2D eigenvalue weighted by Crippen LogP contribution is 2.41. The molecule has 1 aromatic rings. The molecule has 0 amide bonds. The van der Waals surface area contributed by atoms with Crippen molar-refractivity contribution in [3.05, 3.63) is 31.9 Å². The average molecular weight is 240 g/mol. The highest BCUT2D eigenvalue weighted by molar-refractivity contribution is 5.85. The number of nitrogens with zero attached hydrogens (tertiary/aromatic N) is 2. The number of aryl methyl sites for hydroxylation is 1. The number of nitro groups is 2. The maximum atomic E-state index is 11.0. The maximum absolute atomic E-state index is 11.0. The van der Waals surface area contributed by atoms with Crippen LogP contribution in [0.15, 0.2) is 6.07 Å². The minimum absolute atomic E-state index is 0.102. The molecule has 0 heterocycles. The van der Waals surface area contributed by atoms with Crippen molar-refractivity contribution < 1.29 is 9.85 Å². The summed E-state index contributed by atoms with van der Waals surface area (Å²) < 4.78 is 0. The lowest BCUT2D eigenvalue weighted by atomic mass is 10.1. The fourth-order valence-corrected chi connectivity index (χ4v) is 1.67. The first-order valence-electron chi connectivity index (χ1n) is 4.75. The molecule has 0 aromatic heterocycles. The van der Waals surface area contributed by atoms with Crippen LogP contribution < -0.4 is 10.6 Å². The van der Waals surface area contributed by atoms with Crippen LogP contribution in [0.5, 0.6) is 0 Å². The van der Waals surface area contributed by atoms with Crippen molar-refractivity contribution in [2.75, 3.05) is 24.7 Å². The molecule has 0 unspecified atom stereocenters. The molecule has 92 valence electrons. The molecule has 8 heteroatoms. The molecule has 0 atom stereocenters. The van der Waals surface area contributed by atoms with Crippen LogP contribution >= 0.6 is 0 Å². The second-order valence-electron chi connectivity index (χ2n) is 3.33. The third kappa shape index (κ3) is 2.10. The number of nitrogens with one attached hydrogen (secondary N) is 2. The average Bonchev–Trinajstić information content (AvgIpc) is 2.26. The first-order valence-corrected chi connectivity index (χ1v) is 4.75. The van der Waals surface area contributed by atoms with E-state index in [1.54, 1.807) is 6.92 Å². The van der Waals surface area contributed by atoms with Gasteiger partial charge in [-0.1, -0.05) is 0 Å². The van der Waals surface area contributed by atoms with Crippen molar-refractivity contribution in [1.82, 2.24) is 0 Å². The van der Waals surface area contributed by atoms with E-state index < -0.39 is 9.85 Å². The van der Waals surface area contributed by atoms with Crippen LogP contribution in [0.3, 0.4) is 0 Å². The molecule has 0 radical (unpaired) electrons. The van der Waals surface area contributed by atoms with E-state index in [-0.39, 0.29) is 22.7 Å². The molecule has 1 rings (SSSR count). The molecule has 8 nitrogen and oxygen atoms in total. The van der Waals surface area contributed by atoms with E-state index in [2.05, 4.69) is 10.6 Å². The predicted molar refractivity (Wildman–Crippen MR) is 63.6 cm³/mol. The van der Waals surface area contributed by atoms with Crippen LogP contribution in [0.4, 0.5) is 22.7 Å². The van der Waals surface area contributed by atoms with Gasteiger partial charge in [0.2, 0.25) is 0 Å². The van der Waals surface area contributed by atoms with Crippen molar-refractivity contribution in [3.63, 3.8) is 0 Å². The Labute approximate surface area is 96.9 Å². The lowest BCUT2D eigenvalue weighted by Crippen LogP contribution is -2.06. The number of hydrogen-bond acceptors (Lipinski definition) is 6. The Morgan fingerprint density at radius 3 is 1.94 bits per heavy atom. The zero-order chi connectivity index (χ0) is 13.2. The van der Waals surface area contributed by atoms with Crippen LogP contribution in [0.25, 0.3) is 0 Å². The van der Waals surface area contributed by atoms with Gasteiger partial charge in [0.15, 0.2) is 5.69 Å². The number of hydrogen-bond donors (Lipinski definition) is 2. The molecule has 2 N–H and O–H groups in total. The Bertz CT molecular complexity index is 486. The molecular formula is C9H12N4O4. The van der Waals surface area contributed by atoms with Gasteiger partial charge < -0.3 is 10.6 Å². The van der Waals surface area contributed by atoms with Gasteiger partial charge in [0.05, 0.1) is 9.85 Å². The van der Waals surface area contributed by atoms with Crippen molar-refractivity contribution in [2.24, 2.45) is 0 Å². The molecule has 0 saturated heterocycles. The smallest absolute Gasteiger partial charge is 0.322 e. The Balaban J connectivity index is 3.71. The summed E-state index contributed by atoms with van der Waals surface area (Å²) in [5, 5.41) is 27.0.